The van der Waals surface area contributed by atoms with E-state index in [1.165, 1.54) is 7.05 Å². The number of hydrogen-bond acceptors (Lipinski definition) is 7. The van der Waals surface area contributed by atoms with Gasteiger partial charge >= 0.3 is 12.2 Å². The number of H-pyrrole nitrogens is 2. The molecule has 0 radical (unpaired) electrons. The second-order valence-corrected chi connectivity index (χ2v) is 16.7. The van der Waals surface area contributed by atoms with Gasteiger partial charge in [-0.3, -0.25) is 19.8 Å². The number of anilines is 1. The number of likely N-dealkylation sites (tertiary alicyclic amines) is 2. The second kappa shape index (κ2) is 17.4. The van der Waals surface area contributed by atoms with Crippen LogP contribution in [0.15, 0.2) is 116 Å². The van der Waals surface area contributed by atoms with Crippen molar-refractivity contribution in [2.24, 2.45) is 0 Å². The summed E-state index contributed by atoms with van der Waals surface area (Å²) in [5.41, 5.74) is 6.37. The quantitative estimate of drug-likeness (QED) is 0.105. The van der Waals surface area contributed by atoms with E-state index in [4.69, 9.17) is 9.72 Å². The van der Waals surface area contributed by atoms with Gasteiger partial charge in [0.05, 0.1) is 47.1 Å². The molecule has 62 heavy (non-hydrogen) atoms. The number of ether oxygens (including phenoxy) is 1. The van der Waals surface area contributed by atoms with E-state index in [2.05, 4.69) is 44.5 Å². The molecule has 0 saturated carbocycles. The zero-order chi connectivity index (χ0) is 43.5. The number of hydrogen-bond donors (Lipinski definition) is 4. The lowest BCUT2D eigenvalue weighted by molar-refractivity contribution is -0.137. The highest BCUT2D eigenvalue weighted by Gasteiger charge is 2.39. The van der Waals surface area contributed by atoms with Crippen molar-refractivity contribution in [1.29, 1.82) is 0 Å². The maximum absolute atomic E-state index is 14.0. The number of imidazole rings is 2. The topological polar surface area (TPSA) is 177 Å². The van der Waals surface area contributed by atoms with Gasteiger partial charge < -0.3 is 29.6 Å². The summed E-state index contributed by atoms with van der Waals surface area (Å²) in [4.78, 5) is 73.4. The molecule has 2 aliphatic rings. The van der Waals surface area contributed by atoms with E-state index in [9.17, 15) is 24.3 Å². The first-order chi connectivity index (χ1) is 29.8. The fraction of sp³-hybridized carbons (Fsp3) is 0.292. The van der Waals surface area contributed by atoms with E-state index < -0.39 is 23.8 Å². The number of nitrogens with one attached hydrogen (secondary N) is 3. The van der Waals surface area contributed by atoms with E-state index in [0.717, 1.165) is 64.2 Å². The molecule has 2 saturated heterocycles. The Morgan fingerprint density at radius 2 is 1.23 bits per heavy atom. The SMILES string of the molecule is CN(C(=O)O)[C@@H](C(=O)N1CCC[C@H]1c1ncc(-c2ccc(-c3ccc(-c4cnc([C@@H]5CCCN5C(=O)c5ccccc5NC(=O)OC(C)(C)C)[nH]4)cc3)cc2)[nH]1)c1ccccc1. The second-order valence-electron chi connectivity index (χ2n) is 16.7. The summed E-state index contributed by atoms with van der Waals surface area (Å²) < 4.78 is 5.42. The van der Waals surface area contributed by atoms with Gasteiger partial charge in [-0.2, -0.15) is 0 Å². The van der Waals surface area contributed by atoms with Crippen molar-refractivity contribution in [3.05, 3.63) is 138 Å². The molecule has 318 valence electrons. The standard InChI is InChI=1S/C48H50N8O6/c1-48(2,3)62-46(59)53-36-15-9-8-14-35(36)44(57)55-26-10-16-39(55)42-49-28-37(51-42)32-22-18-30(19-23-32)31-20-24-33(25-21-31)38-29-50-43(52-38)40-17-11-27-56(40)45(58)41(54(4)47(60)61)34-12-6-5-7-13-34/h5-9,12-15,18-25,28-29,39-41H,10-11,16-17,26-27H2,1-4H3,(H,49,51)(H,50,52)(H,53,59)(H,60,61)/t39-,40-,41+/m0/s1. The lowest BCUT2D eigenvalue weighted by Gasteiger charge is -2.32. The highest BCUT2D eigenvalue weighted by molar-refractivity contribution is 6.03. The van der Waals surface area contributed by atoms with Crippen LogP contribution >= 0.6 is 0 Å². The molecule has 14 heteroatoms. The van der Waals surface area contributed by atoms with Gasteiger partial charge in [0.25, 0.3) is 11.8 Å². The van der Waals surface area contributed by atoms with Crippen molar-refractivity contribution in [2.45, 2.75) is 70.2 Å². The molecule has 0 unspecified atom stereocenters. The predicted octanol–water partition coefficient (Wildman–Crippen LogP) is 9.47. The molecule has 2 fully saturated rings. The summed E-state index contributed by atoms with van der Waals surface area (Å²) >= 11 is 0. The molecule has 4 N–H and O–H groups in total. The van der Waals surface area contributed by atoms with Crippen molar-refractivity contribution < 1.29 is 29.0 Å². The van der Waals surface area contributed by atoms with Crippen LogP contribution < -0.4 is 5.32 Å². The van der Waals surface area contributed by atoms with Gasteiger partial charge in [0.2, 0.25) is 0 Å². The molecule has 0 bridgehead atoms. The van der Waals surface area contributed by atoms with Gasteiger partial charge in [0.1, 0.15) is 23.3 Å². The summed E-state index contributed by atoms with van der Waals surface area (Å²) in [6.07, 6.45) is 4.87. The van der Waals surface area contributed by atoms with Gasteiger partial charge in [-0.05, 0) is 86.4 Å². The zero-order valence-electron chi connectivity index (χ0n) is 35.2. The number of carboxylic acid groups (broad SMARTS) is 1. The molecule has 4 heterocycles. The molecule has 2 aliphatic heterocycles. The number of rotatable bonds is 10. The summed E-state index contributed by atoms with van der Waals surface area (Å²) in [5, 5.41) is 12.6. The minimum atomic E-state index is -1.17. The van der Waals surface area contributed by atoms with Gasteiger partial charge in [0, 0.05) is 20.1 Å². The third kappa shape index (κ3) is 8.80. The first-order valence-electron chi connectivity index (χ1n) is 20.9. The van der Waals surface area contributed by atoms with Crippen molar-refractivity contribution in [2.75, 3.05) is 25.5 Å². The normalized spacial score (nSPS) is 16.8. The Morgan fingerprint density at radius 1 is 0.726 bits per heavy atom. The van der Waals surface area contributed by atoms with Crippen LogP contribution in [-0.4, -0.2) is 89.5 Å². The molecule has 0 spiro atoms. The lowest BCUT2D eigenvalue weighted by atomic mass is 10.0. The molecule has 3 atom stereocenters. The lowest BCUT2D eigenvalue weighted by Crippen LogP contribution is -2.43. The number of aromatic nitrogens is 4. The molecule has 0 aliphatic carbocycles. The minimum absolute atomic E-state index is 0.187. The number of benzene rings is 4. The molecular formula is C48H50N8O6. The third-order valence-corrected chi connectivity index (χ3v) is 11.4. The molecule has 4 amide bonds. The van der Waals surface area contributed by atoms with Gasteiger partial charge in [-0.25, -0.2) is 19.6 Å². The first kappa shape index (κ1) is 41.5. The van der Waals surface area contributed by atoms with Crippen LogP contribution in [0.4, 0.5) is 15.3 Å². The molecule has 4 aromatic carbocycles. The Kier molecular flexibility index (Phi) is 11.7. The number of carbonyl (C=O) groups is 4. The summed E-state index contributed by atoms with van der Waals surface area (Å²) in [7, 11) is 1.43. The van der Waals surface area contributed by atoms with E-state index in [1.54, 1.807) is 86.6 Å². The molecule has 8 rings (SSSR count). The highest BCUT2D eigenvalue weighted by Crippen LogP contribution is 2.37. The number of amides is 4. The number of carbonyl (C=O) groups excluding carboxylic acids is 3. The highest BCUT2D eigenvalue weighted by atomic mass is 16.6. The Labute approximate surface area is 360 Å². The van der Waals surface area contributed by atoms with E-state index in [1.807, 2.05) is 35.2 Å². The molecule has 2 aromatic heterocycles. The largest absolute Gasteiger partial charge is 0.465 e. The van der Waals surface area contributed by atoms with E-state index in [-0.39, 0.29) is 23.9 Å². The van der Waals surface area contributed by atoms with E-state index in [0.29, 0.717) is 41.6 Å². The average molecular weight is 835 g/mol. The maximum atomic E-state index is 14.0. The number of para-hydroxylation sites is 1. The van der Waals surface area contributed by atoms with Crippen molar-refractivity contribution in [3.63, 3.8) is 0 Å². The number of likely N-dealkylation sites (N-methyl/N-ethyl adjacent to an activating group) is 1. The minimum Gasteiger partial charge on any atom is -0.465 e. The Bertz CT molecular complexity index is 2560. The van der Waals surface area contributed by atoms with Crippen molar-refractivity contribution >= 4 is 29.7 Å². The Balaban J connectivity index is 0.922. The fourth-order valence-electron chi connectivity index (χ4n) is 8.38. The van der Waals surface area contributed by atoms with Crippen LogP contribution in [0.3, 0.4) is 0 Å². The Morgan fingerprint density at radius 3 is 1.77 bits per heavy atom. The first-order valence-corrected chi connectivity index (χ1v) is 20.9. The smallest absolute Gasteiger partial charge is 0.412 e. The summed E-state index contributed by atoms with van der Waals surface area (Å²) in [6, 6.07) is 30.9. The maximum Gasteiger partial charge on any atom is 0.412 e. The molecule has 6 aromatic rings. The van der Waals surface area contributed by atoms with Gasteiger partial charge in [-0.15, -0.1) is 0 Å². The summed E-state index contributed by atoms with van der Waals surface area (Å²) in [5.74, 6) is 0.918. The van der Waals surface area contributed by atoms with Crippen LogP contribution in [0.1, 0.15) is 92.2 Å². The fourth-order valence-corrected chi connectivity index (χ4v) is 8.38. The zero-order valence-corrected chi connectivity index (χ0v) is 35.2. The summed E-state index contributed by atoms with van der Waals surface area (Å²) in [6.45, 7) is 6.45. The van der Waals surface area contributed by atoms with E-state index >= 15 is 0 Å². The Hall–Kier alpha value is -7.22. The molecule has 14 nitrogen and oxygen atoms in total. The number of nitrogens with zero attached hydrogens (tertiary/aromatic N) is 5. The van der Waals surface area contributed by atoms with Crippen molar-refractivity contribution in [1.82, 2.24) is 34.6 Å². The van der Waals surface area contributed by atoms with Crippen LogP contribution in [-0.2, 0) is 9.53 Å². The number of aromatic amines is 2. The molecular weight excluding hydrogens is 785 g/mol. The van der Waals surface area contributed by atoms with Crippen LogP contribution in [0.2, 0.25) is 0 Å². The monoisotopic (exact) mass is 834 g/mol. The average Bonchev–Trinajstić information content (AvgIpc) is 4.11. The van der Waals surface area contributed by atoms with Crippen molar-refractivity contribution in [3.8, 4) is 33.6 Å². The predicted molar refractivity (Wildman–Crippen MR) is 235 cm³/mol. The van der Waals surface area contributed by atoms with Crippen LogP contribution in [0.25, 0.3) is 33.6 Å². The van der Waals surface area contributed by atoms with Crippen LogP contribution in [0.5, 0.6) is 0 Å². The van der Waals surface area contributed by atoms with Crippen LogP contribution in [0, 0.1) is 0 Å². The third-order valence-electron chi connectivity index (χ3n) is 11.4. The van der Waals surface area contributed by atoms with Gasteiger partial charge in [-0.1, -0.05) is 91.0 Å². The van der Waals surface area contributed by atoms with Gasteiger partial charge in [0.15, 0.2) is 0 Å².